The first-order valence-corrected chi connectivity index (χ1v) is 9.68. The maximum Gasteiger partial charge on any atom is 0.341 e. The SMILES string of the molecule is CCOC(=O)c1c(NC(=S)NC(=O)CCC(=O)OC)sc2c1CCCC2. The number of methoxy groups -OCH3 is 1. The van der Waals surface area contributed by atoms with Crippen molar-refractivity contribution in [2.24, 2.45) is 0 Å². The minimum absolute atomic E-state index is 0.0215. The Morgan fingerprint density at radius 3 is 2.62 bits per heavy atom. The van der Waals surface area contributed by atoms with E-state index < -0.39 is 11.9 Å². The van der Waals surface area contributed by atoms with E-state index in [4.69, 9.17) is 17.0 Å². The van der Waals surface area contributed by atoms with Crippen LogP contribution in [-0.4, -0.2) is 36.7 Å². The van der Waals surface area contributed by atoms with E-state index in [9.17, 15) is 14.4 Å². The Morgan fingerprint density at radius 1 is 1.19 bits per heavy atom. The van der Waals surface area contributed by atoms with E-state index in [2.05, 4.69) is 15.4 Å². The lowest BCUT2D eigenvalue weighted by Gasteiger charge is -2.13. The number of anilines is 1. The van der Waals surface area contributed by atoms with Crippen LogP contribution in [0.15, 0.2) is 0 Å². The van der Waals surface area contributed by atoms with Crippen molar-refractivity contribution in [3.63, 3.8) is 0 Å². The average molecular weight is 399 g/mol. The van der Waals surface area contributed by atoms with Gasteiger partial charge in [-0.2, -0.15) is 0 Å². The smallest absolute Gasteiger partial charge is 0.341 e. The van der Waals surface area contributed by atoms with Gasteiger partial charge in [0.15, 0.2) is 5.11 Å². The molecule has 2 rings (SSSR count). The van der Waals surface area contributed by atoms with Gasteiger partial charge in [-0.3, -0.25) is 9.59 Å². The standard InChI is InChI=1S/C17H22N2O5S2/c1-3-24-16(22)14-10-6-4-5-7-11(10)26-15(14)19-17(25)18-12(20)8-9-13(21)23-2/h3-9H2,1-2H3,(H2,18,19,20,25). The van der Waals surface area contributed by atoms with Gasteiger partial charge in [0.25, 0.3) is 0 Å². The number of amides is 1. The van der Waals surface area contributed by atoms with Gasteiger partial charge in [0.1, 0.15) is 5.00 Å². The van der Waals surface area contributed by atoms with Gasteiger partial charge in [-0.1, -0.05) is 0 Å². The summed E-state index contributed by atoms with van der Waals surface area (Å²) in [4.78, 5) is 36.5. The zero-order valence-corrected chi connectivity index (χ0v) is 16.4. The van der Waals surface area contributed by atoms with Crippen molar-refractivity contribution in [1.29, 1.82) is 0 Å². The molecule has 0 unspecified atom stereocenters. The molecular formula is C17H22N2O5S2. The lowest BCUT2D eigenvalue weighted by atomic mass is 9.95. The molecule has 1 aliphatic carbocycles. The topological polar surface area (TPSA) is 93.7 Å². The number of nitrogens with one attached hydrogen (secondary N) is 2. The molecule has 1 aromatic rings. The fourth-order valence-corrected chi connectivity index (χ4v) is 4.28. The van der Waals surface area contributed by atoms with Crippen molar-refractivity contribution >= 4 is 51.5 Å². The third-order valence-electron chi connectivity index (χ3n) is 3.91. The molecule has 1 heterocycles. The molecular weight excluding hydrogens is 376 g/mol. The van der Waals surface area contributed by atoms with E-state index in [0.29, 0.717) is 10.6 Å². The molecule has 0 saturated heterocycles. The van der Waals surface area contributed by atoms with Crippen molar-refractivity contribution in [3.8, 4) is 0 Å². The number of hydrogen-bond acceptors (Lipinski definition) is 7. The normalized spacial score (nSPS) is 12.7. The summed E-state index contributed by atoms with van der Waals surface area (Å²) in [5, 5.41) is 6.13. The molecule has 1 aliphatic rings. The Labute approximate surface area is 161 Å². The van der Waals surface area contributed by atoms with Crippen LogP contribution in [0.4, 0.5) is 5.00 Å². The van der Waals surface area contributed by atoms with Crippen LogP contribution >= 0.6 is 23.6 Å². The Balaban J connectivity index is 2.07. The van der Waals surface area contributed by atoms with Gasteiger partial charge in [-0.15, -0.1) is 11.3 Å². The van der Waals surface area contributed by atoms with Gasteiger partial charge < -0.3 is 20.1 Å². The first kappa shape index (κ1) is 20.3. The lowest BCUT2D eigenvalue weighted by molar-refractivity contribution is -0.142. The Bertz CT molecular complexity index is 714. The van der Waals surface area contributed by atoms with Crippen molar-refractivity contribution in [3.05, 3.63) is 16.0 Å². The van der Waals surface area contributed by atoms with Crippen LogP contribution in [0.3, 0.4) is 0 Å². The minimum Gasteiger partial charge on any atom is -0.469 e. The number of hydrogen-bond donors (Lipinski definition) is 2. The Kier molecular flexibility index (Phi) is 7.52. The fourth-order valence-electron chi connectivity index (χ4n) is 2.71. The van der Waals surface area contributed by atoms with E-state index in [1.54, 1.807) is 6.92 Å². The summed E-state index contributed by atoms with van der Waals surface area (Å²) in [5.41, 5.74) is 1.53. The van der Waals surface area contributed by atoms with Crippen LogP contribution in [0.2, 0.25) is 0 Å². The van der Waals surface area contributed by atoms with Gasteiger partial charge in [-0.05, 0) is 50.4 Å². The second-order valence-electron chi connectivity index (χ2n) is 5.71. The maximum absolute atomic E-state index is 12.4. The summed E-state index contributed by atoms with van der Waals surface area (Å²) in [7, 11) is 1.27. The fraction of sp³-hybridized carbons (Fsp3) is 0.529. The van der Waals surface area contributed by atoms with Crippen LogP contribution in [-0.2, 0) is 31.9 Å². The number of rotatable bonds is 6. The molecule has 9 heteroatoms. The molecule has 0 atom stereocenters. The maximum atomic E-state index is 12.4. The van der Waals surface area contributed by atoms with Crippen LogP contribution in [0, 0.1) is 0 Å². The molecule has 0 bridgehead atoms. The third-order valence-corrected chi connectivity index (χ3v) is 5.33. The zero-order chi connectivity index (χ0) is 19.1. The van der Waals surface area contributed by atoms with Gasteiger partial charge in [0.2, 0.25) is 5.91 Å². The number of aryl methyl sites for hydroxylation is 1. The number of thiophene rings is 1. The highest BCUT2D eigenvalue weighted by molar-refractivity contribution is 7.80. The molecule has 1 amide bonds. The number of carbonyl (C=O) groups is 3. The Morgan fingerprint density at radius 2 is 1.92 bits per heavy atom. The van der Waals surface area contributed by atoms with Crippen LogP contribution < -0.4 is 10.6 Å². The van der Waals surface area contributed by atoms with Gasteiger partial charge >= 0.3 is 11.9 Å². The first-order chi connectivity index (χ1) is 12.5. The summed E-state index contributed by atoms with van der Waals surface area (Å²) < 4.78 is 9.67. The second-order valence-corrected chi connectivity index (χ2v) is 7.23. The van der Waals surface area contributed by atoms with E-state index >= 15 is 0 Å². The lowest BCUT2D eigenvalue weighted by Crippen LogP contribution is -2.34. The van der Waals surface area contributed by atoms with Crippen LogP contribution in [0.25, 0.3) is 0 Å². The second kappa shape index (κ2) is 9.63. The number of ether oxygens (including phenoxy) is 2. The third kappa shape index (κ3) is 5.25. The van der Waals surface area contributed by atoms with Crippen molar-refractivity contribution in [2.45, 2.75) is 45.4 Å². The molecule has 0 aromatic carbocycles. The molecule has 1 aromatic heterocycles. The monoisotopic (exact) mass is 398 g/mol. The molecule has 7 nitrogen and oxygen atoms in total. The summed E-state index contributed by atoms with van der Waals surface area (Å²) in [5.74, 6) is -1.24. The number of carbonyl (C=O) groups excluding carboxylic acids is 3. The largest absolute Gasteiger partial charge is 0.469 e. The van der Waals surface area contributed by atoms with Gasteiger partial charge in [0.05, 0.1) is 25.7 Å². The predicted molar refractivity (Wildman–Crippen MR) is 103 cm³/mol. The summed E-state index contributed by atoms with van der Waals surface area (Å²) in [6.07, 6.45) is 3.83. The molecule has 142 valence electrons. The molecule has 26 heavy (non-hydrogen) atoms. The summed E-state index contributed by atoms with van der Waals surface area (Å²) in [6.45, 7) is 2.05. The zero-order valence-electron chi connectivity index (χ0n) is 14.8. The average Bonchev–Trinajstić information content (AvgIpc) is 2.97. The molecule has 0 radical (unpaired) electrons. The highest BCUT2D eigenvalue weighted by Crippen LogP contribution is 2.38. The van der Waals surface area contributed by atoms with Crippen molar-refractivity contribution < 1.29 is 23.9 Å². The number of thiocarbonyl (C=S) groups is 1. The Hall–Kier alpha value is -2.00. The highest BCUT2D eigenvalue weighted by atomic mass is 32.1. The van der Waals surface area contributed by atoms with E-state index in [0.717, 1.165) is 36.1 Å². The number of fused-ring (bicyclic) bond motifs is 1. The summed E-state index contributed by atoms with van der Waals surface area (Å²) in [6, 6.07) is 0. The van der Waals surface area contributed by atoms with Crippen LogP contribution in [0.5, 0.6) is 0 Å². The molecule has 0 saturated carbocycles. The quantitative estimate of drug-likeness (QED) is 0.562. The van der Waals surface area contributed by atoms with Crippen molar-refractivity contribution in [1.82, 2.24) is 5.32 Å². The predicted octanol–water partition coefficient (Wildman–Crippen LogP) is 2.57. The van der Waals surface area contributed by atoms with E-state index in [1.807, 2.05) is 0 Å². The molecule has 0 spiro atoms. The van der Waals surface area contributed by atoms with Gasteiger partial charge in [0, 0.05) is 11.3 Å². The molecule has 0 aliphatic heterocycles. The minimum atomic E-state index is -0.463. The van der Waals surface area contributed by atoms with Crippen molar-refractivity contribution in [2.75, 3.05) is 19.0 Å². The summed E-state index contributed by atoms with van der Waals surface area (Å²) >= 11 is 6.64. The van der Waals surface area contributed by atoms with E-state index in [1.165, 1.54) is 18.4 Å². The molecule has 2 N–H and O–H groups in total. The van der Waals surface area contributed by atoms with Crippen LogP contribution in [0.1, 0.15) is 53.4 Å². The first-order valence-electron chi connectivity index (χ1n) is 8.45. The van der Waals surface area contributed by atoms with E-state index in [-0.39, 0.29) is 30.5 Å². The number of esters is 2. The van der Waals surface area contributed by atoms with Gasteiger partial charge in [-0.25, -0.2) is 4.79 Å². The highest BCUT2D eigenvalue weighted by Gasteiger charge is 2.27. The molecule has 0 fully saturated rings.